The smallest absolute Gasteiger partial charge is 0.254 e. The Morgan fingerprint density at radius 2 is 1.82 bits per heavy atom. The molecule has 1 amide bonds. The van der Waals surface area contributed by atoms with E-state index >= 15 is 0 Å². The lowest BCUT2D eigenvalue weighted by Crippen LogP contribution is -2.60. The molecule has 0 aliphatic carbocycles. The van der Waals surface area contributed by atoms with E-state index in [1.807, 2.05) is 24.3 Å². The van der Waals surface area contributed by atoms with E-state index in [1.165, 1.54) is 18.4 Å². The molecule has 4 nitrogen and oxygen atoms in total. The number of likely N-dealkylation sites (tertiary alicyclic amines) is 1. The fourth-order valence-electron chi connectivity index (χ4n) is 5.75. The zero-order valence-corrected chi connectivity index (χ0v) is 16.4. The highest BCUT2D eigenvalue weighted by Crippen LogP contribution is 2.47. The van der Waals surface area contributed by atoms with Gasteiger partial charge in [-0.3, -0.25) is 9.69 Å². The standard InChI is InChI=1S/C24H28N2O2/c1-2-16-6-8-18(9-7-16)24(28)26-15-21(19-4-3-5-20(27)14-19)23-22(26)17-10-12-25(23)13-11-17/h3-9,14,17,21-23,27H,2,10-13,15H2,1H3/t21-,22+,23+/m1/s1. The van der Waals surface area contributed by atoms with Crippen LogP contribution in [0.4, 0.5) is 0 Å². The van der Waals surface area contributed by atoms with Gasteiger partial charge < -0.3 is 10.0 Å². The van der Waals surface area contributed by atoms with Crippen LogP contribution in [0.25, 0.3) is 0 Å². The average Bonchev–Trinajstić information content (AvgIpc) is 3.17. The normalized spacial score (nSPS) is 31.0. The summed E-state index contributed by atoms with van der Waals surface area (Å²) in [6.45, 7) is 5.14. The van der Waals surface area contributed by atoms with Gasteiger partial charge in [-0.2, -0.15) is 0 Å². The molecule has 4 saturated heterocycles. The zero-order chi connectivity index (χ0) is 19.3. The molecule has 1 N–H and O–H groups in total. The van der Waals surface area contributed by atoms with Crippen molar-refractivity contribution in [3.05, 3.63) is 65.2 Å². The third-order valence-corrected chi connectivity index (χ3v) is 7.16. The first-order chi connectivity index (χ1) is 13.7. The van der Waals surface area contributed by atoms with Crippen molar-refractivity contribution in [2.75, 3.05) is 19.6 Å². The fourth-order valence-corrected chi connectivity index (χ4v) is 5.75. The quantitative estimate of drug-likeness (QED) is 0.889. The first-order valence-electron chi connectivity index (χ1n) is 10.6. The number of benzene rings is 2. The first kappa shape index (κ1) is 17.7. The molecule has 3 atom stereocenters. The molecule has 4 heterocycles. The Balaban J connectivity index is 1.50. The number of carbonyl (C=O) groups excluding carboxylic acids is 1. The molecule has 4 fully saturated rings. The number of piperidine rings is 3. The monoisotopic (exact) mass is 376 g/mol. The fraction of sp³-hybridized carbons (Fsp3) is 0.458. The van der Waals surface area contributed by atoms with Crippen LogP contribution in [0.3, 0.4) is 0 Å². The van der Waals surface area contributed by atoms with Crippen LogP contribution in [0.2, 0.25) is 0 Å². The van der Waals surface area contributed by atoms with Crippen molar-refractivity contribution >= 4 is 5.91 Å². The van der Waals surface area contributed by atoms with E-state index in [4.69, 9.17) is 0 Å². The Bertz CT molecular complexity index is 870. The Labute approximate surface area is 166 Å². The predicted molar refractivity (Wildman–Crippen MR) is 110 cm³/mol. The van der Waals surface area contributed by atoms with E-state index in [1.54, 1.807) is 6.07 Å². The second kappa shape index (κ2) is 6.93. The van der Waals surface area contributed by atoms with E-state index in [0.717, 1.165) is 37.2 Å². The number of hydrogen-bond donors (Lipinski definition) is 1. The molecule has 2 aromatic rings. The number of amides is 1. The number of rotatable bonds is 3. The molecule has 0 unspecified atom stereocenters. The summed E-state index contributed by atoms with van der Waals surface area (Å²) in [5.41, 5.74) is 3.21. The highest BCUT2D eigenvalue weighted by molar-refractivity contribution is 5.95. The van der Waals surface area contributed by atoms with Gasteiger partial charge in [-0.15, -0.1) is 0 Å². The molecular weight excluding hydrogens is 348 g/mol. The number of phenols is 1. The molecule has 0 aromatic heterocycles. The molecule has 4 heteroatoms. The van der Waals surface area contributed by atoms with Crippen molar-refractivity contribution in [1.82, 2.24) is 9.80 Å². The maximum absolute atomic E-state index is 13.5. The zero-order valence-electron chi connectivity index (χ0n) is 16.4. The largest absolute Gasteiger partial charge is 0.508 e. The molecule has 28 heavy (non-hydrogen) atoms. The van der Waals surface area contributed by atoms with Crippen molar-refractivity contribution in [3.8, 4) is 5.75 Å². The molecule has 0 saturated carbocycles. The third kappa shape index (κ3) is 2.82. The predicted octanol–water partition coefficient (Wildman–Crippen LogP) is 3.66. The van der Waals surface area contributed by atoms with Gasteiger partial charge in [0.05, 0.1) is 6.04 Å². The lowest BCUT2D eigenvalue weighted by Gasteiger charge is -2.51. The van der Waals surface area contributed by atoms with Crippen LogP contribution in [-0.2, 0) is 6.42 Å². The van der Waals surface area contributed by atoms with Crippen molar-refractivity contribution in [2.24, 2.45) is 5.92 Å². The van der Waals surface area contributed by atoms with E-state index in [2.05, 4.69) is 34.9 Å². The molecule has 0 radical (unpaired) electrons. The van der Waals surface area contributed by atoms with Gasteiger partial charge in [0, 0.05) is 24.1 Å². The van der Waals surface area contributed by atoms with Crippen LogP contribution in [0, 0.1) is 5.92 Å². The van der Waals surface area contributed by atoms with Crippen molar-refractivity contribution in [3.63, 3.8) is 0 Å². The van der Waals surface area contributed by atoms with Crippen molar-refractivity contribution < 1.29 is 9.90 Å². The average molecular weight is 377 g/mol. The Hall–Kier alpha value is -2.33. The number of carbonyl (C=O) groups is 1. The summed E-state index contributed by atoms with van der Waals surface area (Å²) in [7, 11) is 0. The van der Waals surface area contributed by atoms with Crippen LogP contribution in [-0.4, -0.2) is 52.5 Å². The van der Waals surface area contributed by atoms with Gasteiger partial charge in [0.25, 0.3) is 5.91 Å². The van der Waals surface area contributed by atoms with E-state index in [0.29, 0.717) is 17.7 Å². The van der Waals surface area contributed by atoms with Gasteiger partial charge in [-0.25, -0.2) is 0 Å². The SMILES string of the molecule is CCc1ccc(C(=O)N2C[C@H](c3cccc(O)c3)[C@H]3[C@@H]2C2CCN3CC2)cc1. The molecular formula is C24H28N2O2. The molecule has 2 bridgehead atoms. The first-order valence-corrected chi connectivity index (χ1v) is 10.6. The van der Waals surface area contributed by atoms with Crippen LogP contribution < -0.4 is 0 Å². The minimum atomic E-state index is 0.161. The molecule has 2 aromatic carbocycles. The number of aryl methyl sites for hydroxylation is 1. The summed E-state index contributed by atoms with van der Waals surface area (Å²) < 4.78 is 0. The molecule has 6 rings (SSSR count). The summed E-state index contributed by atoms with van der Waals surface area (Å²) in [5, 5.41) is 10.0. The Morgan fingerprint density at radius 1 is 1.07 bits per heavy atom. The minimum Gasteiger partial charge on any atom is -0.508 e. The highest BCUT2D eigenvalue weighted by atomic mass is 16.3. The molecule has 0 spiro atoms. The van der Waals surface area contributed by atoms with Crippen LogP contribution in [0.15, 0.2) is 48.5 Å². The Morgan fingerprint density at radius 3 is 2.50 bits per heavy atom. The van der Waals surface area contributed by atoms with E-state index in [9.17, 15) is 9.90 Å². The van der Waals surface area contributed by atoms with E-state index in [-0.39, 0.29) is 17.9 Å². The van der Waals surface area contributed by atoms with Gasteiger partial charge in [-0.05, 0) is 73.7 Å². The van der Waals surface area contributed by atoms with Crippen LogP contribution >= 0.6 is 0 Å². The van der Waals surface area contributed by atoms with Crippen LogP contribution in [0.5, 0.6) is 5.75 Å². The summed E-state index contributed by atoms with van der Waals surface area (Å²) >= 11 is 0. The highest BCUT2D eigenvalue weighted by Gasteiger charge is 2.54. The maximum Gasteiger partial charge on any atom is 0.254 e. The number of nitrogens with zero attached hydrogens (tertiary/aromatic N) is 2. The number of phenolic OH excluding ortho intramolecular Hbond substituents is 1. The minimum absolute atomic E-state index is 0.161. The second-order valence-electron chi connectivity index (χ2n) is 8.56. The van der Waals surface area contributed by atoms with Crippen LogP contribution in [0.1, 0.15) is 47.2 Å². The van der Waals surface area contributed by atoms with Gasteiger partial charge >= 0.3 is 0 Å². The molecule has 146 valence electrons. The second-order valence-corrected chi connectivity index (χ2v) is 8.56. The lowest BCUT2D eigenvalue weighted by molar-refractivity contribution is -0.00341. The summed E-state index contributed by atoms with van der Waals surface area (Å²) in [6.07, 6.45) is 3.36. The summed E-state index contributed by atoms with van der Waals surface area (Å²) in [5.74, 6) is 1.33. The number of fused-ring (bicyclic) bond motifs is 2. The summed E-state index contributed by atoms with van der Waals surface area (Å²) in [4.78, 5) is 18.2. The summed E-state index contributed by atoms with van der Waals surface area (Å²) in [6, 6.07) is 16.4. The lowest BCUT2D eigenvalue weighted by atomic mass is 9.75. The maximum atomic E-state index is 13.5. The van der Waals surface area contributed by atoms with Gasteiger partial charge in [0.15, 0.2) is 0 Å². The van der Waals surface area contributed by atoms with E-state index < -0.39 is 0 Å². The van der Waals surface area contributed by atoms with Gasteiger partial charge in [0.1, 0.15) is 5.75 Å². The number of aromatic hydroxyl groups is 1. The molecule has 4 aliphatic rings. The van der Waals surface area contributed by atoms with Crippen molar-refractivity contribution in [1.29, 1.82) is 0 Å². The topological polar surface area (TPSA) is 43.8 Å². The third-order valence-electron chi connectivity index (χ3n) is 7.16. The van der Waals surface area contributed by atoms with Crippen molar-refractivity contribution in [2.45, 2.75) is 44.2 Å². The van der Waals surface area contributed by atoms with Gasteiger partial charge in [0.2, 0.25) is 0 Å². The Kier molecular flexibility index (Phi) is 4.39. The van der Waals surface area contributed by atoms with Gasteiger partial charge in [-0.1, -0.05) is 31.2 Å². The number of hydrogen-bond acceptors (Lipinski definition) is 3. The molecule has 4 aliphatic heterocycles.